The lowest BCUT2D eigenvalue weighted by Crippen LogP contribution is -2.56. The summed E-state index contributed by atoms with van der Waals surface area (Å²) in [5.74, 6) is 0.831. The summed E-state index contributed by atoms with van der Waals surface area (Å²) in [6.07, 6.45) is -0.223. The molecule has 1 atom stereocenters. The minimum atomic E-state index is -0.725. The van der Waals surface area contributed by atoms with Crippen LogP contribution in [0.1, 0.15) is 26.3 Å². The van der Waals surface area contributed by atoms with E-state index >= 15 is 0 Å². The number of rotatable bonds is 6. The number of benzene rings is 2. The number of piperazine rings is 1. The van der Waals surface area contributed by atoms with E-state index in [0.29, 0.717) is 32.6 Å². The highest BCUT2D eigenvalue weighted by atomic mass is 16.6. The Balaban J connectivity index is 1.75. The highest BCUT2D eigenvalue weighted by Crippen LogP contribution is 2.28. The van der Waals surface area contributed by atoms with Gasteiger partial charge in [0.1, 0.15) is 23.1 Å². The average molecular weight is 470 g/mol. The van der Waals surface area contributed by atoms with Crippen LogP contribution >= 0.6 is 0 Å². The Morgan fingerprint density at radius 2 is 1.65 bits per heavy atom. The maximum Gasteiger partial charge on any atom is 0.410 e. The molecule has 0 saturated carbocycles. The van der Waals surface area contributed by atoms with Crippen molar-refractivity contribution >= 4 is 17.7 Å². The topological polar surface area (TPSA) is 82.6 Å². The lowest BCUT2D eigenvalue weighted by Gasteiger charge is -2.39. The van der Waals surface area contributed by atoms with Crippen molar-refractivity contribution in [3.8, 4) is 11.5 Å². The predicted molar refractivity (Wildman–Crippen MR) is 131 cm³/mol. The van der Waals surface area contributed by atoms with Gasteiger partial charge in [-0.2, -0.15) is 0 Å². The molecule has 1 N–H and O–H groups in total. The average Bonchev–Trinajstić information content (AvgIpc) is 2.82. The minimum Gasteiger partial charge on any atom is -0.508 e. The van der Waals surface area contributed by atoms with Crippen LogP contribution in [0, 0.1) is 0 Å². The van der Waals surface area contributed by atoms with Gasteiger partial charge in [0, 0.05) is 39.6 Å². The van der Waals surface area contributed by atoms with E-state index in [4.69, 9.17) is 9.47 Å². The Morgan fingerprint density at radius 3 is 2.24 bits per heavy atom. The fourth-order valence-electron chi connectivity index (χ4n) is 3.98. The molecule has 2 aromatic rings. The second-order valence-electron chi connectivity index (χ2n) is 9.46. The van der Waals surface area contributed by atoms with Crippen molar-refractivity contribution < 1.29 is 24.2 Å². The highest BCUT2D eigenvalue weighted by Gasteiger charge is 2.34. The summed E-state index contributed by atoms with van der Waals surface area (Å²) in [4.78, 5) is 31.8. The molecule has 0 aliphatic carbocycles. The summed E-state index contributed by atoms with van der Waals surface area (Å²) in [7, 11) is 3.25. The lowest BCUT2D eigenvalue weighted by molar-refractivity contribution is -0.136. The Hall–Kier alpha value is -3.42. The fraction of sp³-hybridized carbons (Fsp3) is 0.462. The van der Waals surface area contributed by atoms with Crippen LogP contribution in [-0.2, 0) is 16.0 Å². The molecule has 8 heteroatoms. The summed E-state index contributed by atoms with van der Waals surface area (Å²) in [5, 5.41) is 9.61. The maximum atomic E-state index is 13.6. The number of likely N-dealkylation sites (N-methyl/N-ethyl adjacent to an activating group) is 1. The number of phenols is 1. The van der Waals surface area contributed by atoms with E-state index in [0.717, 1.165) is 17.0 Å². The number of ether oxygens (including phenoxy) is 2. The number of phenolic OH excluding ortho intramolecular Hbond substituents is 1. The Bertz CT molecular complexity index is 979. The Kier molecular flexibility index (Phi) is 7.91. The number of carbonyl (C=O) groups excluding carboxylic acids is 2. The molecule has 1 saturated heterocycles. The van der Waals surface area contributed by atoms with Gasteiger partial charge in [-0.1, -0.05) is 24.3 Å². The Labute approximate surface area is 201 Å². The monoisotopic (exact) mass is 469 g/mol. The van der Waals surface area contributed by atoms with Gasteiger partial charge in [-0.25, -0.2) is 4.79 Å². The zero-order chi connectivity index (χ0) is 24.9. The summed E-state index contributed by atoms with van der Waals surface area (Å²) in [5.41, 5.74) is 1.18. The summed E-state index contributed by atoms with van der Waals surface area (Å²) >= 11 is 0. The Morgan fingerprint density at radius 1 is 1.03 bits per heavy atom. The SMILES string of the molecule is COc1ccccc1N1CCN(C(=O)C(Cc2ccc(O)cc2)N(C)C(=O)OC(C)(C)C)CC1. The van der Waals surface area contributed by atoms with Gasteiger partial charge >= 0.3 is 6.09 Å². The first-order valence-electron chi connectivity index (χ1n) is 11.5. The molecule has 0 spiro atoms. The summed E-state index contributed by atoms with van der Waals surface area (Å²) < 4.78 is 11.0. The van der Waals surface area contributed by atoms with Gasteiger partial charge in [0.2, 0.25) is 5.91 Å². The van der Waals surface area contributed by atoms with Crippen molar-refractivity contribution in [1.29, 1.82) is 0 Å². The van der Waals surface area contributed by atoms with Crippen LogP contribution in [0.3, 0.4) is 0 Å². The molecular weight excluding hydrogens is 434 g/mol. The number of aromatic hydroxyl groups is 1. The van der Waals surface area contributed by atoms with E-state index in [-0.39, 0.29) is 11.7 Å². The second-order valence-corrected chi connectivity index (χ2v) is 9.46. The highest BCUT2D eigenvalue weighted by molar-refractivity contribution is 5.86. The number of nitrogens with zero attached hydrogens (tertiary/aromatic N) is 3. The van der Waals surface area contributed by atoms with Crippen molar-refractivity contribution in [1.82, 2.24) is 9.80 Å². The van der Waals surface area contributed by atoms with E-state index in [1.807, 2.05) is 24.3 Å². The fourth-order valence-corrected chi connectivity index (χ4v) is 3.98. The number of carbonyl (C=O) groups is 2. The van der Waals surface area contributed by atoms with Gasteiger partial charge in [0.15, 0.2) is 0 Å². The molecule has 1 heterocycles. The van der Waals surface area contributed by atoms with E-state index in [9.17, 15) is 14.7 Å². The number of hydrogen-bond acceptors (Lipinski definition) is 6. The van der Waals surface area contributed by atoms with Crippen molar-refractivity contribution in [2.45, 2.75) is 38.8 Å². The lowest BCUT2D eigenvalue weighted by atomic mass is 10.0. The van der Waals surface area contributed by atoms with Crippen LogP contribution in [0.15, 0.2) is 48.5 Å². The molecular formula is C26H35N3O5. The van der Waals surface area contributed by atoms with Gasteiger partial charge < -0.3 is 24.4 Å². The van der Waals surface area contributed by atoms with E-state index < -0.39 is 17.7 Å². The second kappa shape index (κ2) is 10.7. The van der Waals surface area contributed by atoms with Crippen LogP contribution in [0.25, 0.3) is 0 Å². The molecule has 1 unspecified atom stereocenters. The third kappa shape index (κ3) is 6.34. The third-order valence-electron chi connectivity index (χ3n) is 5.82. The molecule has 1 aliphatic heterocycles. The number of methoxy groups -OCH3 is 1. The van der Waals surface area contributed by atoms with Gasteiger partial charge in [-0.05, 0) is 50.6 Å². The first-order chi connectivity index (χ1) is 16.1. The number of amides is 2. The molecule has 0 bridgehead atoms. The van der Waals surface area contributed by atoms with Crippen molar-refractivity contribution in [2.24, 2.45) is 0 Å². The number of para-hydroxylation sites is 2. The molecule has 3 rings (SSSR count). The van der Waals surface area contributed by atoms with Crippen molar-refractivity contribution in [3.63, 3.8) is 0 Å². The molecule has 34 heavy (non-hydrogen) atoms. The molecule has 1 aliphatic rings. The molecule has 184 valence electrons. The van der Waals surface area contributed by atoms with Crippen LogP contribution in [0.2, 0.25) is 0 Å². The van der Waals surface area contributed by atoms with E-state index in [1.54, 1.807) is 64.1 Å². The van der Waals surface area contributed by atoms with Gasteiger partial charge in [-0.15, -0.1) is 0 Å². The van der Waals surface area contributed by atoms with Crippen LogP contribution in [-0.4, -0.2) is 78.9 Å². The van der Waals surface area contributed by atoms with Gasteiger partial charge in [0.25, 0.3) is 0 Å². The summed E-state index contributed by atoms with van der Waals surface area (Å²) in [6.45, 7) is 7.78. The predicted octanol–water partition coefficient (Wildman–Crippen LogP) is 3.53. The quantitative estimate of drug-likeness (QED) is 0.697. The zero-order valence-electron chi connectivity index (χ0n) is 20.7. The normalized spacial score (nSPS) is 15.0. The molecule has 2 aromatic carbocycles. The molecule has 8 nitrogen and oxygen atoms in total. The molecule has 0 aromatic heterocycles. The number of hydrogen-bond donors (Lipinski definition) is 1. The molecule has 0 radical (unpaired) electrons. The van der Waals surface area contributed by atoms with Crippen LogP contribution in [0.4, 0.5) is 10.5 Å². The third-order valence-corrected chi connectivity index (χ3v) is 5.82. The van der Waals surface area contributed by atoms with Gasteiger partial charge in [-0.3, -0.25) is 9.69 Å². The smallest absolute Gasteiger partial charge is 0.410 e. The first-order valence-corrected chi connectivity index (χ1v) is 11.5. The maximum absolute atomic E-state index is 13.6. The zero-order valence-corrected chi connectivity index (χ0v) is 20.7. The summed E-state index contributed by atoms with van der Waals surface area (Å²) in [6, 6.07) is 13.8. The van der Waals surface area contributed by atoms with Crippen molar-refractivity contribution in [3.05, 3.63) is 54.1 Å². The van der Waals surface area contributed by atoms with E-state index in [1.165, 1.54) is 4.90 Å². The van der Waals surface area contributed by atoms with Crippen LogP contribution in [0.5, 0.6) is 11.5 Å². The van der Waals surface area contributed by atoms with Crippen LogP contribution < -0.4 is 9.64 Å². The minimum absolute atomic E-state index is 0.124. The largest absolute Gasteiger partial charge is 0.508 e. The number of anilines is 1. The first kappa shape index (κ1) is 25.2. The standard InChI is InChI=1S/C26H35N3O5/c1-26(2,3)34-25(32)27(4)22(18-19-10-12-20(30)13-11-19)24(31)29-16-14-28(15-17-29)21-8-6-7-9-23(21)33-5/h6-13,22,30H,14-18H2,1-5H3. The molecule has 1 fully saturated rings. The van der Waals surface area contributed by atoms with Gasteiger partial charge in [0.05, 0.1) is 12.8 Å². The van der Waals surface area contributed by atoms with E-state index in [2.05, 4.69) is 4.90 Å². The van der Waals surface area contributed by atoms with Crippen molar-refractivity contribution in [2.75, 3.05) is 45.2 Å². The molecule has 2 amide bonds.